The molecule has 0 fully saturated rings. The summed E-state index contributed by atoms with van der Waals surface area (Å²) in [6, 6.07) is 5.96. The quantitative estimate of drug-likeness (QED) is 0.629. The van der Waals surface area contributed by atoms with Gasteiger partial charge in [-0.15, -0.1) is 22.9 Å². The second-order valence-electron chi connectivity index (χ2n) is 2.92. The summed E-state index contributed by atoms with van der Waals surface area (Å²) in [5.74, 6) is 0.586. The maximum atomic E-state index is 5.91. The van der Waals surface area contributed by atoms with Crippen molar-refractivity contribution in [3.05, 3.63) is 33.7 Å². The van der Waals surface area contributed by atoms with Crippen LogP contribution >= 0.6 is 34.5 Å². The van der Waals surface area contributed by atoms with Crippen LogP contribution in [-0.4, -0.2) is 0 Å². The molecule has 1 aromatic heterocycles. The lowest BCUT2D eigenvalue weighted by Gasteiger charge is -1.92. The molecule has 0 aliphatic carbocycles. The third kappa shape index (κ3) is 1.56. The standard InChI is InChI=1S/C10H8Cl2S/c1-6-8-4-7(12)2-3-9(8)13-10(6)5-11/h2-4H,5H2,1H3. The van der Waals surface area contributed by atoms with Crippen LogP contribution < -0.4 is 0 Å². The van der Waals surface area contributed by atoms with Gasteiger partial charge in [-0.1, -0.05) is 11.6 Å². The largest absolute Gasteiger partial charge is 0.139 e. The number of hydrogen-bond donors (Lipinski definition) is 0. The summed E-state index contributed by atoms with van der Waals surface area (Å²) >= 11 is 13.5. The summed E-state index contributed by atoms with van der Waals surface area (Å²) in [5, 5.41) is 2.02. The van der Waals surface area contributed by atoms with Crippen molar-refractivity contribution in [1.82, 2.24) is 0 Å². The Balaban J connectivity index is 2.77. The molecule has 0 amide bonds. The van der Waals surface area contributed by atoms with Crippen molar-refractivity contribution in [3.8, 4) is 0 Å². The third-order valence-electron chi connectivity index (χ3n) is 2.12. The Morgan fingerprint density at radius 2 is 2.15 bits per heavy atom. The van der Waals surface area contributed by atoms with Gasteiger partial charge in [-0.25, -0.2) is 0 Å². The van der Waals surface area contributed by atoms with Crippen molar-refractivity contribution in [3.63, 3.8) is 0 Å². The summed E-state index contributed by atoms with van der Waals surface area (Å²) in [7, 11) is 0. The van der Waals surface area contributed by atoms with E-state index in [9.17, 15) is 0 Å². The van der Waals surface area contributed by atoms with Gasteiger partial charge in [0.15, 0.2) is 0 Å². The Hall–Kier alpha value is -0.240. The molecule has 13 heavy (non-hydrogen) atoms. The van der Waals surface area contributed by atoms with Crippen LogP contribution in [0.4, 0.5) is 0 Å². The molecule has 0 atom stereocenters. The van der Waals surface area contributed by atoms with E-state index in [1.54, 1.807) is 11.3 Å². The first-order chi connectivity index (χ1) is 6.22. The fourth-order valence-electron chi connectivity index (χ4n) is 1.37. The Kier molecular flexibility index (Phi) is 2.50. The molecule has 0 unspecified atom stereocenters. The van der Waals surface area contributed by atoms with Gasteiger partial charge in [-0.05, 0) is 36.1 Å². The monoisotopic (exact) mass is 230 g/mol. The molecule has 0 aliphatic heterocycles. The van der Waals surface area contributed by atoms with Crippen molar-refractivity contribution in [1.29, 1.82) is 0 Å². The van der Waals surface area contributed by atoms with Crippen molar-refractivity contribution < 1.29 is 0 Å². The van der Waals surface area contributed by atoms with Crippen LogP contribution in [0.1, 0.15) is 10.4 Å². The summed E-state index contributed by atoms with van der Waals surface area (Å²) in [4.78, 5) is 1.24. The van der Waals surface area contributed by atoms with Gasteiger partial charge in [0.05, 0.1) is 5.88 Å². The lowest BCUT2D eigenvalue weighted by Crippen LogP contribution is -1.74. The summed E-state index contributed by atoms with van der Waals surface area (Å²) in [6.45, 7) is 2.09. The number of aryl methyl sites for hydroxylation is 1. The van der Waals surface area contributed by atoms with Crippen molar-refractivity contribution in [2.24, 2.45) is 0 Å². The van der Waals surface area contributed by atoms with Crippen LogP contribution in [0.2, 0.25) is 5.02 Å². The number of benzene rings is 1. The molecule has 2 rings (SSSR count). The Morgan fingerprint density at radius 1 is 1.38 bits per heavy atom. The molecule has 0 spiro atoms. The average molecular weight is 231 g/mol. The molecule has 3 heteroatoms. The highest BCUT2D eigenvalue weighted by atomic mass is 35.5. The topological polar surface area (TPSA) is 0 Å². The lowest BCUT2D eigenvalue weighted by atomic mass is 10.1. The lowest BCUT2D eigenvalue weighted by molar-refractivity contribution is 1.42. The van der Waals surface area contributed by atoms with E-state index in [1.165, 1.54) is 20.5 Å². The minimum Gasteiger partial charge on any atom is -0.139 e. The minimum atomic E-state index is 0.586. The van der Waals surface area contributed by atoms with Gasteiger partial charge in [0.25, 0.3) is 0 Å². The maximum Gasteiger partial charge on any atom is 0.0571 e. The highest BCUT2D eigenvalue weighted by Crippen LogP contribution is 2.33. The number of fused-ring (bicyclic) bond motifs is 1. The molecule has 2 aromatic rings. The number of rotatable bonds is 1. The van der Waals surface area contributed by atoms with Crippen LogP contribution in [0.15, 0.2) is 18.2 Å². The van der Waals surface area contributed by atoms with Gasteiger partial charge in [0.2, 0.25) is 0 Å². The molecule has 0 saturated heterocycles. The van der Waals surface area contributed by atoms with Gasteiger partial charge in [-0.2, -0.15) is 0 Å². The third-order valence-corrected chi connectivity index (χ3v) is 4.05. The predicted molar refractivity (Wildman–Crippen MR) is 61.1 cm³/mol. The zero-order chi connectivity index (χ0) is 9.42. The summed E-state index contributed by atoms with van der Waals surface area (Å²) < 4.78 is 1.26. The molecular formula is C10H8Cl2S. The van der Waals surface area contributed by atoms with Crippen LogP contribution in [0.5, 0.6) is 0 Å². The van der Waals surface area contributed by atoms with Gasteiger partial charge in [0.1, 0.15) is 0 Å². The van der Waals surface area contributed by atoms with E-state index < -0.39 is 0 Å². The molecule has 0 saturated carbocycles. The van der Waals surface area contributed by atoms with Gasteiger partial charge >= 0.3 is 0 Å². The molecule has 0 N–H and O–H groups in total. The van der Waals surface area contributed by atoms with E-state index in [2.05, 4.69) is 6.92 Å². The Bertz CT molecular complexity index is 445. The second-order valence-corrected chi connectivity index (χ2v) is 4.76. The number of halogens is 2. The van der Waals surface area contributed by atoms with Gasteiger partial charge in [0, 0.05) is 14.6 Å². The SMILES string of the molecule is Cc1c(CCl)sc2ccc(Cl)cc12. The highest BCUT2D eigenvalue weighted by Gasteiger charge is 2.06. The van der Waals surface area contributed by atoms with Crippen molar-refractivity contribution in [2.75, 3.05) is 0 Å². The molecule has 68 valence electrons. The van der Waals surface area contributed by atoms with Crippen LogP contribution in [0.3, 0.4) is 0 Å². The smallest absolute Gasteiger partial charge is 0.0571 e. The zero-order valence-electron chi connectivity index (χ0n) is 7.10. The molecule has 0 bridgehead atoms. The number of hydrogen-bond acceptors (Lipinski definition) is 1. The Labute approximate surface area is 91.1 Å². The predicted octanol–water partition coefficient (Wildman–Crippen LogP) is 4.60. The van der Waals surface area contributed by atoms with Crippen LogP contribution in [0, 0.1) is 6.92 Å². The van der Waals surface area contributed by atoms with E-state index >= 15 is 0 Å². The first-order valence-corrected chi connectivity index (χ1v) is 5.69. The number of thiophene rings is 1. The second kappa shape index (κ2) is 3.49. The van der Waals surface area contributed by atoms with Crippen molar-refractivity contribution in [2.45, 2.75) is 12.8 Å². The zero-order valence-corrected chi connectivity index (χ0v) is 9.43. The maximum absolute atomic E-state index is 5.91. The Morgan fingerprint density at radius 3 is 2.85 bits per heavy atom. The fraction of sp³-hybridized carbons (Fsp3) is 0.200. The minimum absolute atomic E-state index is 0.586. The molecule has 0 aliphatic rings. The van der Waals surface area contributed by atoms with E-state index in [0.717, 1.165) is 5.02 Å². The highest BCUT2D eigenvalue weighted by molar-refractivity contribution is 7.19. The normalized spacial score (nSPS) is 11.0. The molecular weight excluding hydrogens is 223 g/mol. The summed E-state index contributed by atoms with van der Waals surface area (Å²) in [5.41, 5.74) is 1.26. The van der Waals surface area contributed by atoms with Crippen LogP contribution in [-0.2, 0) is 5.88 Å². The molecule has 1 aromatic carbocycles. The van der Waals surface area contributed by atoms with Gasteiger partial charge in [-0.3, -0.25) is 0 Å². The molecule has 0 radical (unpaired) electrons. The van der Waals surface area contributed by atoms with Gasteiger partial charge < -0.3 is 0 Å². The molecule has 1 heterocycles. The van der Waals surface area contributed by atoms with E-state index in [1.807, 2.05) is 18.2 Å². The van der Waals surface area contributed by atoms with Crippen LogP contribution in [0.25, 0.3) is 10.1 Å². The average Bonchev–Trinajstić information content (AvgIpc) is 2.44. The molecule has 0 nitrogen and oxygen atoms in total. The summed E-state index contributed by atoms with van der Waals surface area (Å²) in [6.07, 6.45) is 0. The van der Waals surface area contributed by atoms with E-state index in [-0.39, 0.29) is 0 Å². The first kappa shape index (κ1) is 9.32. The van der Waals surface area contributed by atoms with Crippen molar-refractivity contribution >= 4 is 44.6 Å². The first-order valence-electron chi connectivity index (χ1n) is 3.96. The van der Waals surface area contributed by atoms with E-state index in [0.29, 0.717) is 5.88 Å². The fourth-order valence-corrected chi connectivity index (χ4v) is 2.95. The number of alkyl halides is 1. The van der Waals surface area contributed by atoms with E-state index in [4.69, 9.17) is 23.2 Å².